The fraction of sp³-hybridized carbons (Fsp3) is 0.654. The first-order valence-electron chi connectivity index (χ1n) is 13.1. The Balaban J connectivity index is 1.78. The summed E-state index contributed by atoms with van der Waals surface area (Å²) < 4.78 is 28.1. The molecule has 0 saturated carbocycles. The number of H-pyrrole nitrogens is 1. The molecule has 1 aromatic heterocycles. The zero-order valence-electron chi connectivity index (χ0n) is 22.1. The molecule has 0 aliphatic carbocycles. The summed E-state index contributed by atoms with van der Waals surface area (Å²) in [5.41, 5.74) is 2.70. The van der Waals surface area contributed by atoms with Crippen LogP contribution in [0.15, 0.2) is 18.2 Å². The molecule has 0 bridgehead atoms. The zero-order valence-corrected chi connectivity index (χ0v) is 23.0. The molecule has 3 rings (SSSR count). The van der Waals surface area contributed by atoms with Gasteiger partial charge in [0.1, 0.15) is 11.9 Å². The second-order valence-corrected chi connectivity index (χ2v) is 12.2. The first kappa shape index (κ1) is 28.1. The van der Waals surface area contributed by atoms with Gasteiger partial charge in [0.05, 0.1) is 29.2 Å². The number of para-hydroxylation sites is 1. The highest BCUT2D eigenvalue weighted by Gasteiger charge is 2.32. The summed E-state index contributed by atoms with van der Waals surface area (Å²) in [5.74, 6) is -0.0535. The van der Waals surface area contributed by atoms with E-state index in [1.54, 1.807) is 6.92 Å². The number of aromatic amines is 1. The standard InChI is InChI=1S/C26H41N5O4S/c1-6-20-11-7-8-14-31(20)23(32)16-22(30-36(34,35)15-13-17(2)3)26(33)27-19(5)25-28-21-12-9-10-18(4)24(21)29-25/h9-10,12,17,19-20,22,30H,6-8,11,13-16H2,1-5H3,(H,27,33)(H,28,29)/t19-,20-,22-/m0/s1. The van der Waals surface area contributed by atoms with Crippen LogP contribution in [0.25, 0.3) is 11.0 Å². The molecular weight excluding hydrogens is 478 g/mol. The molecule has 2 heterocycles. The second kappa shape index (κ2) is 12.2. The van der Waals surface area contributed by atoms with Crippen LogP contribution in [0.4, 0.5) is 0 Å². The summed E-state index contributed by atoms with van der Waals surface area (Å²) in [4.78, 5) is 36.2. The number of aryl methyl sites for hydroxylation is 1. The number of likely N-dealkylation sites (tertiary alicyclic amines) is 1. The zero-order chi connectivity index (χ0) is 26.5. The Morgan fingerprint density at radius 2 is 1.97 bits per heavy atom. The normalized spacial score (nSPS) is 18.4. The number of hydrogen-bond donors (Lipinski definition) is 3. The molecule has 1 aliphatic heterocycles. The SMILES string of the molecule is CC[C@H]1CCCCN1C(=O)C[C@H](NS(=O)(=O)CCC(C)C)C(=O)N[C@@H](C)c1nc2c(C)cccc2[nH]1. The van der Waals surface area contributed by atoms with Gasteiger partial charge < -0.3 is 15.2 Å². The smallest absolute Gasteiger partial charge is 0.239 e. The number of benzene rings is 1. The Bertz CT molecular complexity index is 1160. The highest BCUT2D eigenvalue weighted by Crippen LogP contribution is 2.22. The van der Waals surface area contributed by atoms with E-state index in [2.05, 4.69) is 20.0 Å². The van der Waals surface area contributed by atoms with Crippen molar-refractivity contribution in [1.82, 2.24) is 24.9 Å². The van der Waals surface area contributed by atoms with E-state index in [0.717, 1.165) is 42.3 Å². The molecule has 3 N–H and O–H groups in total. The molecule has 2 amide bonds. The maximum absolute atomic E-state index is 13.3. The van der Waals surface area contributed by atoms with Gasteiger partial charge in [-0.1, -0.05) is 32.9 Å². The number of amides is 2. The fourth-order valence-corrected chi connectivity index (χ4v) is 6.21. The predicted octanol–water partition coefficient (Wildman–Crippen LogP) is 3.56. The number of piperidine rings is 1. The molecule has 0 unspecified atom stereocenters. The van der Waals surface area contributed by atoms with Crippen LogP contribution in [0.1, 0.15) is 83.6 Å². The minimum Gasteiger partial charge on any atom is -0.345 e. The van der Waals surface area contributed by atoms with Gasteiger partial charge >= 0.3 is 0 Å². The summed E-state index contributed by atoms with van der Waals surface area (Å²) in [6.07, 6.45) is 4.02. The molecule has 0 spiro atoms. The van der Waals surface area contributed by atoms with E-state index in [9.17, 15) is 18.0 Å². The number of carbonyl (C=O) groups is 2. The fourth-order valence-electron chi connectivity index (χ4n) is 4.68. The Hall–Kier alpha value is -2.46. The van der Waals surface area contributed by atoms with Crippen molar-refractivity contribution in [2.45, 2.75) is 91.3 Å². The number of hydrogen-bond acceptors (Lipinski definition) is 5. The Morgan fingerprint density at radius 3 is 2.64 bits per heavy atom. The van der Waals surface area contributed by atoms with Gasteiger partial charge in [0.15, 0.2) is 0 Å². The van der Waals surface area contributed by atoms with Crippen LogP contribution < -0.4 is 10.0 Å². The monoisotopic (exact) mass is 519 g/mol. The number of nitrogens with one attached hydrogen (secondary N) is 3. The quantitative estimate of drug-likeness (QED) is 0.419. The largest absolute Gasteiger partial charge is 0.345 e. The Kier molecular flexibility index (Phi) is 9.52. The minimum absolute atomic E-state index is 0.0949. The number of carbonyl (C=O) groups excluding carboxylic acids is 2. The summed E-state index contributed by atoms with van der Waals surface area (Å²) in [7, 11) is -3.75. The van der Waals surface area contributed by atoms with Crippen molar-refractivity contribution in [2.75, 3.05) is 12.3 Å². The molecule has 2 aromatic rings. The third kappa shape index (κ3) is 7.29. The summed E-state index contributed by atoms with van der Waals surface area (Å²) in [6, 6.07) is 4.25. The number of fused-ring (bicyclic) bond motifs is 1. The Morgan fingerprint density at radius 1 is 1.22 bits per heavy atom. The van der Waals surface area contributed by atoms with Gasteiger partial charge in [-0.3, -0.25) is 9.59 Å². The van der Waals surface area contributed by atoms with Gasteiger partial charge in [-0.15, -0.1) is 0 Å². The molecule has 3 atom stereocenters. The van der Waals surface area contributed by atoms with Crippen molar-refractivity contribution >= 4 is 32.9 Å². The summed E-state index contributed by atoms with van der Waals surface area (Å²) >= 11 is 0. The van der Waals surface area contributed by atoms with Gasteiger partial charge in [-0.05, 0) is 63.5 Å². The molecule has 200 valence electrons. The lowest BCUT2D eigenvalue weighted by atomic mass is 9.99. The number of aromatic nitrogens is 2. The van der Waals surface area contributed by atoms with Crippen molar-refractivity contribution in [3.8, 4) is 0 Å². The maximum atomic E-state index is 13.3. The lowest BCUT2D eigenvalue weighted by Gasteiger charge is -2.36. The molecule has 1 aliphatic rings. The molecule has 10 heteroatoms. The van der Waals surface area contributed by atoms with E-state index in [1.807, 2.05) is 50.8 Å². The average Bonchev–Trinajstić information content (AvgIpc) is 3.28. The lowest BCUT2D eigenvalue weighted by Crippen LogP contribution is -2.52. The van der Waals surface area contributed by atoms with Gasteiger partial charge in [0.25, 0.3) is 0 Å². The van der Waals surface area contributed by atoms with Gasteiger partial charge in [0, 0.05) is 12.6 Å². The summed E-state index contributed by atoms with van der Waals surface area (Å²) in [5, 5.41) is 2.87. The van der Waals surface area contributed by atoms with Crippen molar-refractivity contribution in [1.29, 1.82) is 0 Å². The first-order chi connectivity index (χ1) is 17.0. The van der Waals surface area contributed by atoms with Gasteiger partial charge in [-0.2, -0.15) is 0 Å². The van der Waals surface area contributed by atoms with E-state index >= 15 is 0 Å². The van der Waals surface area contributed by atoms with Crippen molar-refractivity contribution in [3.05, 3.63) is 29.6 Å². The van der Waals surface area contributed by atoms with Crippen LogP contribution in [-0.2, 0) is 19.6 Å². The molecule has 0 radical (unpaired) electrons. The van der Waals surface area contributed by atoms with Gasteiger partial charge in [-0.25, -0.2) is 18.1 Å². The number of rotatable bonds is 11. The van der Waals surface area contributed by atoms with E-state index in [1.165, 1.54) is 0 Å². The molecular formula is C26H41N5O4S. The number of nitrogens with zero attached hydrogens (tertiary/aromatic N) is 2. The molecule has 1 saturated heterocycles. The first-order valence-corrected chi connectivity index (χ1v) is 14.7. The maximum Gasteiger partial charge on any atom is 0.239 e. The van der Waals surface area contributed by atoms with Gasteiger partial charge in [0.2, 0.25) is 21.8 Å². The lowest BCUT2D eigenvalue weighted by molar-refractivity contribution is -0.137. The van der Waals surface area contributed by atoms with E-state index in [0.29, 0.717) is 18.8 Å². The van der Waals surface area contributed by atoms with Crippen molar-refractivity contribution in [3.63, 3.8) is 0 Å². The molecule has 1 fully saturated rings. The molecule has 9 nitrogen and oxygen atoms in total. The second-order valence-electron chi connectivity index (χ2n) is 10.3. The third-order valence-corrected chi connectivity index (χ3v) is 8.32. The Labute approximate surface area is 214 Å². The van der Waals surface area contributed by atoms with E-state index in [-0.39, 0.29) is 30.0 Å². The van der Waals surface area contributed by atoms with Crippen LogP contribution in [0, 0.1) is 12.8 Å². The average molecular weight is 520 g/mol. The number of imidazole rings is 1. The van der Waals surface area contributed by atoms with Crippen molar-refractivity contribution in [2.24, 2.45) is 5.92 Å². The third-order valence-electron chi connectivity index (χ3n) is 6.90. The van der Waals surface area contributed by atoms with Crippen LogP contribution in [0.2, 0.25) is 0 Å². The minimum atomic E-state index is -3.75. The highest BCUT2D eigenvalue weighted by atomic mass is 32.2. The van der Waals surface area contributed by atoms with Crippen LogP contribution in [-0.4, -0.2) is 59.5 Å². The van der Waals surface area contributed by atoms with Crippen LogP contribution in [0.5, 0.6) is 0 Å². The summed E-state index contributed by atoms with van der Waals surface area (Å²) in [6.45, 7) is 10.3. The molecule has 1 aromatic carbocycles. The van der Waals surface area contributed by atoms with Crippen molar-refractivity contribution < 1.29 is 18.0 Å². The molecule has 36 heavy (non-hydrogen) atoms. The predicted molar refractivity (Wildman–Crippen MR) is 142 cm³/mol. The highest BCUT2D eigenvalue weighted by molar-refractivity contribution is 7.89. The topological polar surface area (TPSA) is 124 Å². The number of sulfonamides is 1. The van der Waals surface area contributed by atoms with E-state index < -0.39 is 28.0 Å². The van der Waals surface area contributed by atoms with Crippen LogP contribution >= 0.6 is 0 Å². The van der Waals surface area contributed by atoms with E-state index in [4.69, 9.17) is 0 Å². The van der Waals surface area contributed by atoms with Crippen LogP contribution in [0.3, 0.4) is 0 Å².